The first kappa shape index (κ1) is 13.6. The highest BCUT2D eigenvalue weighted by atomic mass is 16.5. The van der Waals surface area contributed by atoms with Gasteiger partial charge in [0, 0.05) is 24.5 Å². The van der Waals surface area contributed by atoms with Gasteiger partial charge in [-0.25, -0.2) is 4.98 Å². The van der Waals surface area contributed by atoms with Gasteiger partial charge in [0.1, 0.15) is 18.2 Å². The van der Waals surface area contributed by atoms with Crippen LogP contribution in [0.25, 0.3) is 0 Å². The van der Waals surface area contributed by atoms with E-state index >= 15 is 0 Å². The number of aliphatic hydroxyl groups is 1. The summed E-state index contributed by atoms with van der Waals surface area (Å²) < 4.78 is 7.86. The van der Waals surface area contributed by atoms with Gasteiger partial charge in [0.05, 0.1) is 6.10 Å². The molecule has 0 bridgehead atoms. The first-order valence-corrected chi connectivity index (χ1v) is 6.53. The Bertz CT molecular complexity index is 547. The van der Waals surface area contributed by atoms with Crippen molar-refractivity contribution >= 4 is 0 Å². The Morgan fingerprint density at radius 3 is 2.89 bits per heavy atom. The minimum Gasteiger partial charge on any atom is -0.485 e. The van der Waals surface area contributed by atoms with Gasteiger partial charge < -0.3 is 14.4 Å². The van der Waals surface area contributed by atoms with Gasteiger partial charge >= 0.3 is 0 Å². The number of nitrogens with zero attached hydrogens (tertiary/aromatic N) is 2. The monoisotopic (exact) mass is 260 g/mol. The van der Waals surface area contributed by atoms with Crippen LogP contribution in [0.15, 0.2) is 30.6 Å². The number of rotatable bonds is 5. The number of ether oxygens (including phenoxy) is 1. The summed E-state index contributed by atoms with van der Waals surface area (Å²) in [4.78, 5) is 4.27. The number of hydrogen-bond acceptors (Lipinski definition) is 3. The molecule has 4 heteroatoms. The molecule has 0 aliphatic heterocycles. The second-order valence-electron chi connectivity index (χ2n) is 4.64. The minimum absolute atomic E-state index is 0.407. The lowest BCUT2D eigenvalue weighted by Gasteiger charge is -2.14. The van der Waals surface area contributed by atoms with Gasteiger partial charge in [-0.1, -0.05) is 12.1 Å². The number of aliphatic hydroxyl groups excluding tert-OH is 1. The fourth-order valence-electron chi connectivity index (χ4n) is 2.02. The minimum atomic E-state index is -0.540. The second kappa shape index (κ2) is 5.89. The lowest BCUT2D eigenvalue weighted by Crippen LogP contribution is -2.07. The molecule has 102 valence electrons. The van der Waals surface area contributed by atoms with Crippen molar-refractivity contribution in [2.45, 2.75) is 40.0 Å². The lowest BCUT2D eigenvalue weighted by molar-refractivity contribution is 0.189. The van der Waals surface area contributed by atoms with Gasteiger partial charge in [0.15, 0.2) is 0 Å². The molecular weight excluding hydrogens is 240 g/mol. The molecule has 1 heterocycles. The molecule has 19 heavy (non-hydrogen) atoms. The molecule has 0 aliphatic carbocycles. The summed E-state index contributed by atoms with van der Waals surface area (Å²) in [6.45, 7) is 7.09. The Balaban J connectivity index is 2.17. The van der Waals surface area contributed by atoms with Crippen LogP contribution in [0.5, 0.6) is 5.75 Å². The highest BCUT2D eigenvalue weighted by molar-refractivity contribution is 5.38. The smallest absolute Gasteiger partial charge is 0.146 e. The summed E-state index contributed by atoms with van der Waals surface area (Å²) in [5.74, 6) is 1.61. The lowest BCUT2D eigenvalue weighted by atomic mass is 10.1. The van der Waals surface area contributed by atoms with Crippen LogP contribution in [0.4, 0.5) is 0 Å². The summed E-state index contributed by atoms with van der Waals surface area (Å²) in [5.41, 5.74) is 1.92. The number of benzene rings is 1. The average molecular weight is 260 g/mol. The van der Waals surface area contributed by atoms with Crippen LogP contribution >= 0.6 is 0 Å². The van der Waals surface area contributed by atoms with Gasteiger partial charge in [-0.2, -0.15) is 0 Å². The Morgan fingerprint density at radius 2 is 2.21 bits per heavy atom. The molecule has 0 fully saturated rings. The summed E-state index contributed by atoms with van der Waals surface area (Å²) >= 11 is 0. The number of aromatic nitrogens is 2. The molecule has 1 N–H and O–H groups in total. The summed E-state index contributed by atoms with van der Waals surface area (Å²) in [7, 11) is 0. The third-order valence-electron chi connectivity index (χ3n) is 3.12. The SMILES string of the molecule is CCn1ccnc1COc1cc(C)ccc1[C@@H](C)O. The first-order valence-electron chi connectivity index (χ1n) is 6.53. The van der Waals surface area contributed by atoms with Crippen molar-refractivity contribution < 1.29 is 9.84 Å². The summed E-state index contributed by atoms with van der Waals surface area (Å²) in [5, 5.41) is 9.75. The Labute approximate surface area is 113 Å². The average Bonchev–Trinajstić information content (AvgIpc) is 2.83. The van der Waals surface area contributed by atoms with E-state index in [4.69, 9.17) is 4.74 Å². The third-order valence-corrected chi connectivity index (χ3v) is 3.12. The maximum Gasteiger partial charge on any atom is 0.146 e. The van der Waals surface area contributed by atoms with E-state index in [-0.39, 0.29) is 0 Å². The van der Waals surface area contributed by atoms with E-state index in [9.17, 15) is 5.11 Å². The fraction of sp³-hybridized carbons (Fsp3) is 0.400. The molecule has 0 saturated carbocycles. The van der Waals surface area contributed by atoms with E-state index in [0.717, 1.165) is 29.2 Å². The van der Waals surface area contributed by atoms with Crippen LogP contribution in [0, 0.1) is 6.92 Å². The van der Waals surface area contributed by atoms with E-state index in [1.165, 1.54) is 0 Å². The maximum absolute atomic E-state index is 9.75. The molecule has 0 aliphatic rings. The molecule has 1 atom stereocenters. The number of aryl methyl sites for hydroxylation is 2. The van der Waals surface area contributed by atoms with Crippen molar-refractivity contribution in [1.29, 1.82) is 0 Å². The molecule has 1 aromatic carbocycles. The molecule has 0 spiro atoms. The van der Waals surface area contributed by atoms with Gasteiger partial charge in [0.2, 0.25) is 0 Å². The van der Waals surface area contributed by atoms with E-state index in [1.807, 2.05) is 35.9 Å². The zero-order valence-corrected chi connectivity index (χ0v) is 11.6. The normalized spacial score (nSPS) is 12.4. The Kier molecular flexibility index (Phi) is 4.22. The van der Waals surface area contributed by atoms with Gasteiger partial charge in [-0.15, -0.1) is 0 Å². The van der Waals surface area contributed by atoms with Crippen molar-refractivity contribution in [2.24, 2.45) is 0 Å². The van der Waals surface area contributed by atoms with Crippen LogP contribution in [0.1, 0.15) is 36.9 Å². The topological polar surface area (TPSA) is 47.3 Å². The predicted molar refractivity (Wildman–Crippen MR) is 74.0 cm³/mol. The first-order chi connectivity index (χ1) is 9.11. The zero-order valence-electron chi connectivity index (χ0n) is 11.6. The highest BCUT2D eigenvalue weighted by Crippen LogP contribution is 2.26. The number of imidazole rings is 1. The Hall–Kier alpha value is -1.81. The van der Waals surface area contributed by atoms with Gasteiger partial charge in [-0.05, 0) is 32.4 Å². The van der Waals surface area contributed by atoms with Gasteiger partial charge in [0.25, 0.3) is 0 Å². The fourth-order valence-corrected chi connectivity index (χ4v) is 2.02. The summed E-state index contributed by atoms with van der Waals surface area (Å²) in [6, 6.07) is 5.82. The molecule has 0 unspecified atom stereocenters. The van der Waals surface area contributed by atoms with E-state index < -0.39 is 6.10 Å². The second-order valence-corrected chi connectivity index (χ2v) is 4.64. The largest absolute Gasteiger partial charge is 0.485 e. The van der Waals surface area contributed by atoms with Crippen molar-refractivity contribution in [3.05, 3.63) is 47.5 Å². The molecule has 2 rings (SSSR count). The van der Waals surface area contributed by atoms with Crippen LogP contribution in [0.2, 0.25) is 0 Å². The molecular formula is C15H20N2O2. The van der Waals surface area contributed by atoms with Crippen LogP contribution < -0.4 is 4.74 Å². The van der Waals surface area contributed by atoms with E-state index in [1.54, 1.807) is 13.1 Å². The highest BCUT2D eigenvalue weighted by Gasteiger charge is 2.10. The van der Waals surface area contributed by atoms with Crippen molar-refractivity contribution in [2.75, 3.05) is 0 Å². The maximum atomic E-state index is 9.75. The van der Waals surface area contributed by atoms with E-state index in [2.05, 4.69) is 11.9 Å². The van der Waals surface area contributed by atoms with Crippen molar-refractivity contribution in [3.8, 4) is 5.75 Å². The van der Waals surface area contributed by atoms with Crippen LogP contribution in [-0.2, 0) is 13.2 Å². The van der Waals surface area contributed by atoms with Gasteiger partial charge in [-0.3, -0.25) is 0 Å². The molecule has 1 aromatic heterocycles. The quantitative estimate of drug-likeness (QED) is 0.899. The third kappa shape index (κ3) is 3.15. The molecule has 0 radical (unpaired) electrons. The molecule has 2 aromatic rings. The van der Waals surface area contributed by atoms with Crippen molar-refractivity contribution in [3.63, 3.8) is 0 Å². The van der Waals surface area contributed by atoms with Crippen LogP contribution in [-0.4, -0.2) is 14.7 Å². The number of hydrogen-bond donors (Lipinski definition) is 1. The Morgan fingerprint density at radius 1 is 1.42 bits per heavy atom. The zero-order chi connectivity index (χ0) is 13.8. The van der Waals surface area contributed by atoms with Crippen molar-refractivity contribution in [1.82, 2.24) is 9.55 Å². The van der Waals surface area contributed by atoms with Crippen LogP contribution in [0.3, 0.4) is 0 Å². The summed E-state index contributed by atoms with van der Waals surface area (Å²) in [6.07, 6.45) is 3.17. The molecule has 0 saturated heterocycles. The molecule has 0 amide bonds. The van der Waals surface area contributed by atoms with E-state index in [0.29, 0.717) is 6.61 Å². The molecule has 4 nitrogen and oxygen atoms in total. The predicted octanol–water partition coefficient (Wildman–Crippen LogP) is 2.84. The standard InChI is InChI=1S/C15H20N2O2/c1-4-17-8-7-16-15(17)10-19-14-9-11(2)5-6-13(14)12(3)18/h5-9,12,18H,4,10H2,1-3H3/t12-/m1/s1.